The van der Waals surface area contributed by atoms with Crippen molar-refractivity contribution in [1.29, 1.82) is 0 Å². The minimum absolute atomic E-state index is 0.0105. The van der Waals surface area contributed by atoms with Gasteiger partial charge in [0.05, 0.1) is 27.3 Å². The van der Waals surface area contributed by atoms with Gasteiger partial charge < -0.3 is 9.47 Å². The Morgan fingerprint density at radius 2 is 1.87 bits per heavy atom. The standard InChI is InChI=1S/C33H24ClN3O6S2/c1-2-42-32(39)28-29(21-7-4-3-5-8-21)35-33-36(30(28)26-9-6-16-44-26)31(38)27(45-33)18-22-17-23(34)12-15-25(22)43-19-20-10-13-24(14-11-20)37(40)41/h3-18,30H,2,19H2,1H3/b27-18-/t30-/m1/s1. The molecule has 0 aliphatic carbocycles. The van der Waals surface area contributed by atoms with Gasteiger partial charge in [0.25, 0.3) is 11.2 Å². The molecule has 0 amide bonds. The van der Waals surface area contributed by atoms with Crippen molar-refractivity contribution in [3.05, 3.63) is 152 Å². The van der Waals surface area contributed by atoms with E-state index >= 15 is 0 Å². The lowest BCUT2D eigenvalue weighted by atomic mass is 9.97. The highest BCUT2D eigenvalue weighted by Gasteiger charge is 2.35. The van der Waals surface area contributed by atoms with Gasteiger partial charge in [-0.1, -0.05) is 59.3 Å². The van der Waals surface area contributed by atoms with E-state index in [1.807, 2.05) is 47.8 Å². The van der Waals surface area contributed by atoms with E-state index in [1.165, 1.54) is 34.8 Å². The van der Waals surface area contributed by atoms with Gasteiger partial charge in [-0.2, -0.15) is 0 Å². The number of benzene rings is 3. The monoisotopic (exact) mass is 657 g/mol. The highest BCUT2D eigenvalue weighted by Crippen LogP contribution is 2.37. The summed E-state index contributed by atoms with van der Waals surface area (Å²) in [6, 6.07) is 23.6. The van der Waals surface area contributed by atoms with Gasteiger partial charge in [0.2, 0.25) is 0 Å². The fraction of sp³-hybridized carbons (Fsp3) is 0.121. The van der Waals surface area contributed by atoms with Crippen LogP contribution in [0.5, 0.6) is 5.75 Å². The van der Waals surface area contributed by atoms with Gasteiger partial charge in [-0.25, -0.2) is 9.79 Å². The predicted molar refractivity (Wildman–Crippen MR) is 174 cm³/mol. The molecule has 5 aromatic rings. The smallest absolute Gasteiger partial charge is 0.338 e. The Morgan fingerprint density at radius 3 is 2.56 bits per heavy atom. The number of nitrogens with zero attached hydrogens (tertiary/aromatic N) is 3. The topological polar surface area (TPSA) is 113 Å². The van der Waals surface area contributed by atoms with Crippen LogP contribution < -0.4 is 19.6 Å². The second kappa shape index (κ2) is 13.0. The number of ether oxygens (including phenoxy) is 2. The molecule has 45 heavy (non-hydrogen) atoms. The van der Waals surface area contributed by atoms with Gasteiger partial charge in [-0.15, -0.1) is 11.3 Å². The summed E-state index contributed by atoms with van der Waals surface area (Å²) in [6.45, 7) is 2.05. The number of thiophene rings is 1. The lowest BCUT2D eigenvalue weighted by Crippen LogP contribution is -2.39. The maximum Gasteiger partial charge on any atom is 0.338 e. The van der Waals surface area contributed by atoms with E-state index in [2.05, 4.69) is 0 Å². The van der Waals surface area contributed by atoms with Crippen molar-refractivity contribution in [2.75, 3.05) is 6.61 Å². The third-order valence-corrected chi connectivity index (χ3v) is 9.13. The van der Waals surface area contributed by atoms with Gasteiger partial charge in [-0.3, -0.25) is 19.5 Å². The zero-order valence-corrected chi connectivity index (χ0v) is 26.1. The molecule has 9 nitrogen and oxygen atoms in total. The van der Waals surface area contributed by atoms with Gasteiger partial charge >= 0.3 is 5.97 Å². The lowest BCUT2D eigenvalue weighted by Gasteiger charge is -2.24. The summed E-state index contributed by atoms with van der Waals surface area (Å²) in [5.74, 6) is -0.0693. The summed E-state index contributed by atoms with van der Waals surface area (Å²) in [5, 5.41) is 13.3. The molecule has 6 rings (SSSR count). The minimum atomic E-state index is -0.741. The molecule has 1 atom stereocenters. The molecular weight excluding hydrogens is 634 g/mol. The highest BCUT2D eigenvalue weighted by molar-refractivity contribution is 7.10. The number of fused-ring (bicyclic) bond motifs is 1. The van der Waals surface area contributed by atoms with E-state index in [4.69, 9.17) is 26.1 Å². The Morgan fingerprint density at radius 1 is 1.09 bits per heavy atom. The van der Waals surface area contributed by atoms with Crippen molar-refractivity contribution >= 4 is 57.7 Å². The summed E-state index contributed by atoms with van der Waals surface area (Å²) in [7, 11) is 0. The molecular formula is C33H24ClN3O6S2. The molecule has 0 saturated carbocycles. The van der Waals surface area contributed by atoms with E-state index in [1.54, 1.807) is 47.9 Å². The van der Waals surface area contributed by atoms with Crippen LogP contribution in [-0.2, 0) is 16.1 Å². The largest absolute Gasteiger partial charge is 0.488 e. The summed E-state index contributed by atoms with van der Waals surface area (Å²) < 4.78 is 13.5. The van der Waals surface area contributed by atoms with Crippen molar-refractivity contribution in [2.45, 2.75) is 19.6 Å². The summed E-state index contributed by atoms with van der Waals surface area (Å²) >= 11 is 8.99. The van der Waals surface area contributed by atoms with Crippen LogP contribution in [0, 0.1) is 10.1 Å². The molecule has 2 aromatic heterocycles. The summed E-state index contributed by atoms with van der Waals surface area (Å²) in [5.41, 5.74) is 2.44. The van der Waals surface area contributed by atoms with E-state index in [0.717, 1.165) is 16.0 Å². The average molecular weight is 658 g/mol. The number of nitro groups is 1. The maximum absolute atomic E-state index is 14.1. The van der Waals surface area contributed by atoms with Crippen molar-refractivity contribution < 1.29 is 19.2 Å². The summed E-state index contributed by atoms with van der Waals surface area (Å²) in [4.78, 5) is 44.3. The zero-order valence-electron chi connectivity index (χ0n) is 23.7. The molecule has 0 radical (unpaired) electrons. The van der Waals surface area contributed by atoms with E-state index in [-0.39, 0.29) is 24.5 Å². The number of hydrogen-bond acceptors (Lipinski definition) is 9. The summed E-state index contributed by atoms with van der Waals surface area (Å²) in [6.07, 6.45) is 1.70. The van der Waals surface area contributed by atoms with Crippen LogP contribution in [-0.4, -0.2) is 22.1 Å². The Bertz CT molecular complexity index is 2100. The highest BCUT2D eigenvalue weighted by atomic mass is 35.5. The third-order valence-electron chi connectivity index (χ3n) is 6.99. The number of hydrogen-bond donors (Lipinski definition) is 0. The van der Waals surface area contributed by atoms with Crippen LogP contribution in [0.15, 0.2) is 106 Å². The number of esters is 1. The van der Waals surface area contributed by atoms with E-state index in [0.29, 0.717) is 36.9 Å². The molecule has 0 unspecified atom stereocenters. The fourth-order valence-electron chi connectivity index (χ4n) is 4.94. The van der Waals surface area contributed by atoms with Gasteiger partial charge in [0, 0.05) is 33.2 Å². The van der Waals surface area contributed by atoms with Crippen molar-refractivity contribution in [3.8, 4) is 5.75 Å². The van der Waals surface area contributed by atoms with Gasteiger partial charge in [0.1, 0.15) is 18.4 Å². The molecule has 1 aliphatic rings. The first-order valence-electron chi connectivity index (χ1n) is 13.8. The molecule has 0 spiro atoms. The third kappa shape index (κ3) is 6.23. The number of aromatic nitrogens is 1. The van der Waals surface area contributed by atoms with Gasteiger partial charge in [0.15, 0.2) is 4.80 Å². The van der Waals surface area contributed by atoms with Gasteiger partial charge in [-0.05, 0) is 60.3 Å². The number of carbonyl (C=O) groups excluding carboxylic acids is 1. The van der Waals surface area contributed by atoms with Crippen molar-refractivity contribution in [1.82, 2.24) is 4.57 Å². The first-order chi connectivity index (χ1) is 21.8. The SMILES string of the molecule is CCOC(=O)C1=C(c2ccccc2)N=c2s/c(=C\c3cc(Cl)ccc3OCc3ccc([N+](=O)[O-])cc3)c(=O)n2[C@@H]1c1cccs1. The Kier molecular flexibility index (Phi) is 8.74. The number of thiazole rings is 1. The quantitative estimate of drug-likeness (QED) is 0.107. The molecule has 3 aromatic carbocycles. The molecule has 0 N–H and O–H groups in total. The Labute approximate surface area is 269 Å². The first kappa shape index (κ1) is 30.2. The van der Waals surface area contributed by atoms with Crippen molar-refractivity contribution in [2.24, 2.45) is 4.99 Å². The number of halogens is 1. The lowest BCUT2D eigenvalue weighted by molar-refractivity contribution is -0.384. The maximum atomic E-state index is 14.1. The number of rotatable bonds is 9. The Hall–Kier alpha value is -4.84. The van der Waals surface area contributed by atoms with Crippen LogP contribution in [0.2, 0.25) is 5.02 Å². The first-order valence-corrected chi connectivity index (χ1v) is 15.9. The molecule has 0 fully saturated rings. The van der Waals surface area contributed by atoms with Crippen molar-refractivity contribution in [3.63, 3.8) is 0 Å². The molecule has 12 heteroatoms. The minimum Gasteiger partial charge on any atom is -0.488 e. The zero-order chi connectivity index (χ0) is 31.5. The number of non-ortho nitro benzene ring substituents is 1. The second-order valence-electron chi connectivity index (χ2n) is 9.84. The molecule has 0 bridgehead atoms. The predicted octanol–water partition coefficient (Wildman–Crippen LogP) is 6.14. The molecule has 0 saturated heterocycles. The van der Waals surface area contributed by atoms with Crippen LogP contribution >= 0.6 is 34.3 Å². The number of carbonyl (C=O) groups is 1. The molecule has 3 heterocycles. The van der Waals surface area contributed by atoms with Crippen LogP contribution in [0.3, 0.4) is 0 Å². The van der Waals surface area contributed by atoms with E-state index in [9.17, 15) is 19.7 Å². The van der Waals surface area contributed by atoms with Crippen LogP contribution in [0.25, 0.3) is 11.8 Å². The Balaban J connectivity index is 1.47. The van der Waals surface area contributed by atoms with Crippen LogP contribution in [0.1, 0.15) is 34.5 Å². The fourth-order valence-corrected chi connectivity index (χ4v) is 6.93. The normalized spacial score (nSPS) is 14.5. The number of nitro benzene ring substituents is 1. The second-order valence-corrected chi connectivity index (χ2v) is 12.3. The molecule has 1 aliphatic heterocycles. The van der Waals surface area contributed by atoms with Crippen LogP contribution in [0.4, 0.5) is 5.69 Å². The molecule has 226 valence electrons. The average Bonchev–Trinajstić information content (AvgIpc) is 3.69. The van der Waals surface area contributed by atoms with E-state index < -0.39 is 16.9 Å².